The number of halogens is 1. The van der Waals surface area contributed by atoms with Crippen LogP contribution in [0.3, 0.4) is 0 Å². The molecule has 3 nitrogen and oxygen atoms in total. The molecular formula is C16H15IO3S. The van der Waals surface area contributed by atoms with Crippen molar-refractivity contribution in [3.8, 4) is 5.75 Å². The van der Waals surface area contributed by atoms with Gasteiger partial charge >= 0.3 is 5.97 Å². The minimum absolute atomic E-state index is 0.281. The highest BCUT2D eigenvalue weighted by Crippen LogP contribution is 2.32. The lowest BCUT2D eigenvalue weighted by Gasteiger charge is -2.07. The fourth-order valence-corrected chi connectivity index (χ4v) is 3.36. The molecule has 0 fully saturated rings. The first-order valence-corrected chi connectivity index (χ1v) is 8.32. The standard InChI is InChI=1S/C16H15IO3S/c1-3-20-16(18)11-4-9-15(14(17)10-11)21-13-7-5-12(19-2)6-8-13/h4-10H,3H2,1-2H3. The quantitative estimate of drug-likeness (QED) is 0.528. The van der Waals surface area contributed by atoms with E-state index in [-0.39, 0.29) is 5.97 Å². The molecule has 2 rings (SSSR count). The van der Waals surface area contributed by atoms with Gasteiger partial charge in [0.15, 0.2) is 0 Å². The van der Waals surface area contributed by atoms with E-state index < -0.39 is 0 Å². The summed E-state index contributed by atoms with van der Waals surface area (Å²) in [4.78, 5) is 13.9. The van der Waals surface area contributed by atoms with Gasteiger partial charge in [0.25, 0.3) is 0 Å². The molecule has 0 aromatic heterocycles. The third kappa shape index (κ3) is 4.38. The largest absolute Gasteiger partial charge is 0.497 e. The van der Waals surface area contributed by atoms with E-state index >= 15 is 0 Å². The first-order chi connectivity index (χ1) is 10.1. The van der Waals surface area contributed by atoms with E-state index in [2.05, 4.69) is 22.6 Å². The fraction of sp³-hybridized carbons (Fsp3) is 0.188. The van der Waals surface area contributed by atoms with Crippen molar-refractivity contribution in [2.24, 2.45) is 0 Å². The molecule has 110 valence electrons. The number of rotatable bonds is 5. The summed E-state index contributed by atoms with van der Waals surface area (Å²) >= 11 is 3.89. The number of ether oxygens (including phenoxy) is 2. The average Bonchev–Trinajstić information content (AvgIpc) is 2.50. The Bertz CT molecular complexity index is 626. The molecule has 0 N–H and O–H groups in total. The van der Waals surface area contributed by atoms with Crippen LogP contribution in [0.2, 0.25) is 0 Å². The number of hydrogen-bond acceptors (Lipinski definition) is 4. The summed E-state index contributed by atoms with van der Waals surface area (Å²) < 4.78 is 11.2. The van der Waals surface area contributed by atoms with Crippen LogP contribution in [0.5, 0.6) is 5.75 Å². The Labute approximate surface area is 142 Å². The number of benzene rings is 2. The monoisotopic (exact) mass is 414 g/mol. The second-order valence-corrected chi connectivity index (χ2v) is 6.42. The lowest BCUT2D eigenvalue weighted by Crippen LogP contribution is -2.04. The lowest BCUT2D eigenvalue weighted by atomic mass is 10.2. The Morgan fingerprint density at radius 1 is 1.19 bits per heavy atom. The van der Waals surface area contributed by atoms with Crippen LogP contribution in [0.4, 0.5) is 0 Å². The Kier molecular flexibility index (Phi) is 5.93. The van der Waals surface area contributed by atoms with Gasteiger partial charge in [-0.05, 0) is 72.0 Å². The maximum absolute atomic E-state index is 11.7. The second kappa shape index (κ2) is 7.70. The molecule has 2 aromatic carbocycles. The van der Waals surface area contributed by atoms with Gasteiger partial charge in [-0.1, -0.05) is 11.8 Å². The zero-order chi connectivity index (χ0) is 15.2. The molecule has 0 bridgehead atoms. The third-order valence-corrected chi connectivity index (χ3v) is 5.07. The lowest BCUT2D eigenvalue weighted by molar-refractivity contribution is 0.0526. The van der Waals surface area contributed by atoms with Gasteiger partial charge in [0.05, 0.1) is 19.3 Å². The minimum atomic E-state index is -0.281. The highest BCUT2D eigenvalue weighted by molar-refractivity contribution is 14.1. The smallest absolute Gasteiger partial charge is 0.338 e. The Balaban J connectivity index is 2.15. The van der Waals surface area contributed by atoms with Crippen LogP contribution < -0.4 is 4.74 Å². The SMILES string of the molecule is CCOC(=O)c1ccc(Sc2ccc(OC)cc2)c(I)c1. The summed E-state index contributed by atoms with van der Waals surface area (Å²) in [5.41, 5.74) is 0.584. The molecule has 0 radical (unpaired) electrons. The van der Waals surface area contributed by atoms with Crippen molar-refractivity contribution in [3.05, 3.63) is 51.6 Å². The van der Waals surface area contributed by atoms with Crippen LogP contribution in [0.1, 0.15) is 17.3 Å². The molecule has 0 heterocycles. The number of methoxy groups -OCH3 is 1. The highest BCUT2D eigenvalue weighted by Gasteiger charge is 2.10. The molecule has 0 atom stereocenters. The van der Waals surface area contributed by atoms with Crippen molar-refractivity contribution in [1.29, 1.82) is 0 Å². The summed E-state index contributed by atoms with van der Waals surface area (Å²) in [7, 11) is 1.65. The van der Waals surface area contributed by atoms with Crippen molar-refractivity contribution in [2.75, 3.05) is 13.7 Å². The van der Waals surface area contributed by atoms with Gasteiger partial charge in [0.2, 0.25) is 0 Å². The normalized spacial score (nSPS) is 10.2. The number of carbonyl (C=O) groups excluding carboxylic acids is 1. The summed E-state index contributed by atoms with van der Waals surface area (Å²) in [6, 6.07) is 13.5. The van der Waals surface area contributed by atoms with Gasteiger partial charge < -0.3 is 9.47 Å². The van der Waals surface area contributed by atoms with Crippen molar-refractivity contribution in [2.45, 2.75) is 16.7 Å². The molecule has 21 heavy (non-hydrogen) atoms. The Hall–Kier alpha value is -1.21. The topological polar surface area (TPSA) is 35.5 Å². The molecular weight excluding hydrogens is 399 g/mol. The van der Waals surface area contributed by atoms with E-state index in [1.165, 1.54) is 0 Å². The minimum Gasteiger partial charge on any atom is -0.497 e. The molecule has 0 aliphatic carbocycles. The summed E-state index contributed by atoms with van der Waals surface area (Å²) in [5, 5.41) is 0. The number of hydrogen-bond donors (Lipinski definition) is 0. The van der Waals surface area contributed by atoms with Crippen LogP contribution in [-0.2, 0) is 4.74 Å². The van der Waals surface area contributed by atoms with Crippen LogP contribution >= 0.6 is 34.4 Å². The maximum atomic E-state index is 11.7. The van der Waals surface area contributed by atoms with E-state index in [9.17, 15) is 4.79 Å². The van der Waals surface area contributed by atoms with E-state index in [1.54, 1.807) is 31.9 Å². The van der Waals surface area contributed by atoms with E-state index in [0.29, 0.717) is 12.2 Å². The predicted molar refractivity (Wildman–Crippen MR) is 92.2 cm³/mol. The summed E-state index contributed by atoms with van der Waals surface area (Å²) in [5.74, 6) is 0.558. The molecule has 2 aromatic rings. The summed E-state index contributed by atoms with van der Waals surface area (Å²) in [6.07, 6.45) is 0. The van der Waals surface area contributed by atoms with Gasteiger partial charge in [0.1, 0.15) is 5.75 Å². The second-order valence-electron chi connectivity index (χ2n) is 4.14. The molecule has 0 saturated carbocycles. The zero-order valence-electron chi connectivity index (χ0n) is 11.8. The van der Waals surface area contributed by atoms with Gasteiger partial charge in [-0.15, -0.1) is 0 Å². The molecule has 0 aliphatic rings. The molecule has 0 amide bonds. The number of esters is 1. The van der Waals surface area contributed by atoms with Crippen LogP contribution in [0.25, 0.3) is 0 Å². The Morgan fingerprint density at radius 3 is 2.48 bits per heavy atom. The molecule has 0 unspecified atom stereocenters. The van der Waals surface area contributed by atoms with Gasteiger partial charge in [-0.2, -0.15) is 0 Å². The highest BCUT2D eigenvalue weighted by atomic mass is 127. The first kappa shape index (κ1) is 16.2. The van der Waals surface area contributed by atoms with Crippen LogP contribution in [0.15, 0.2) is 52.3 Å². The summed E-state index contributed by atoms with van der Waals surface area (Å²) in [6.45, 7) is 2.19. The Morgan fingerprint density at radius 2 is 1.90 bits per heavy atom. The molecule has 0 aliphatic heterocycles. The van der Waals surface area contributed by atoms with Crippen molar-refractivity contribution in [3.63, 3.8) is 0 Å². The van der Waals surface area contributed by atoms with Crippen LogP contribution in [-0.4, -0.2) is 19.7 Å². The van der Waals surface area contributed by atoms with Crippen molar-refractivity contribution < 1.29 is 14.3 Å². The third-order valence-electron chi connectivity index (χ3n) is 2.73. The van der Waals surface area contributed by atoms with Crippen molar-refractivity contribution >= 4 is 40.3 Å². The van der Waals surface area contributed by atoms with Gasteiger partial charge in [-0.25, -0.2) is 4.79 Å². The predicted octanol–water partition coefficient (Wildman–Crippen LogP) is 4.63. The van der Waals surface area contributed by atoms with E-state index in [4.69, 9.17) is 9.47 Å². The fourth-order valence-electron chi connectivity index (χ4n) is 1.70. The van der Waals surface area contributed by atoms with Gasteiger partial charge in [0, 0.05) is 13.4 Å². The van der Waals surface area contributed by atoms with Gasteiger partial charge in [-0.3, -0.25) is 0 Å². The molecule has 0 saturated heterocycles. The average molecular weight is 414 g/mol. The van der Waals surface area contributed by atoms with Crippen LogP contribution in [0, 0.1) is 3.57 Å². The maximum Gasteiger partial charge on any atom is 0.338 e. The molecule has 5 heteroatoms. The van der Waals surface area contributed by atoms with E-state index in [0.717, 1.165) is 19.1 Å². The van der Waals surface area contributed by atoms with E-state index in [1.807, 2.05) is 36.4 Å². The number of carbonyl (C=O) groups is 1. The first-order valence-electron chi connectivity index (χ1n) is 6.42. The zero-order valence-corrected chi connectivity index (χ0v) is 14.7. The molecule has 0 spiro atoms. The van der Waals surface area contributed by atoms with Crippen molar-refractivity contribution in [1.82, 2.24) is 0 Å².